The van der Waals surface area contributed by atoms with Crippen molar-refractivity contribution in [2.45, 2.75) is 52.1 Å². The molecule has 6 nitrogen and oxygen atoms in total. The Labute approximate surface area is 159 Å². The molecule has 0 atom stereocenters. The number of hydrogen-bond donors (Lipinski definition) is 1. The minimum Gasteiger partial charge on any atom is -0.364 e. The van der Waals surface area contributed by atoms with Crippen LogP contribution >= 0.6 is 0 Å². The molecule has 0 saturated heterocycles. The van der Waals surface area contributed by atoms with Crippen LogP contribution in [0.5, 0.6) is 0 Å². The van der Waals surface area contributed by atoms with Crippen molar-refractivity contribution in [2.75, 3.05) is 5.32 Å². The zero-order chi connectivity index (χ0) is 18.6. The first kappa shape index (κ1) is 17.5. The summed E-state index contributed by atoms with van der Waals surface area (Å²) in [5.74, 6) is 1.47. The summed E-state index contributed by atoms with van der Waals surface area (Å²) in [5.41, 5.74) is 3.87. The Morgan fingerprint density at radius 1 is 1.22 bits per heavy atom. The van der Waals surface area contributed by atoms with Gasteiger partial charge < -0.3 is 9.88 Å². The molecule has 1 saturated carbocycles. The number of rotatable bonds is 5. The molecule has 0 aliphatic heterocycles. The minimum absolute atomic E-state index is 0.180. The number of aromatic nitrogens is 4. The molecule has 1 fully saturated rings. The van der Waals surface area contributed by atoms with Crippen molar-refractivity contribution in [3.8, 4) is 6.07 Å². The lowest BCUT2D eigenvalue weighted by Crippen LogP contribution is -2.14. The van der Waals surface area contributed by atoms with E-state index in [9.17, 15) is 5.26 Å². The van der Waals surface area contributed by atoms with Gasteiger partial charge in [0.15, 0.2) is 17.0 Å². The van der Waals surface area contributed by atoms with E-state index in [1.54, 1.807) is 0 Å². The summed E-state index contributed by atoms with van der Waals surface area (Å²) in [6.07, 6.45) is 8.31. The third-order valence-corrected chi connectivity index (χ3v) is 5.29. The molecule has 3 aromatic rings. The summed E-state index contributed by atoms with van der Waals surface area (Å²) >= 11 is 0. The molecule has 0 spiro atoms. The van der Waals surface area contributed by atoms with Crippen LogP contribution in [-0.4, -0.2) is 19.5 Å². The molecular weight excluding hydrogens is 336 g/mol. The van der Waals surface area contributed by atoms with Gasteiger partial charge in [0.05, 0.1) is 6.33 Å². The molecule has 0 unspecified atom stereocenters. The second-order valence-corrected chi connectivity index (χ2v) is 7.42. The van der Waals surface area contributed by atoms with Crippen molar-refractivity contribution >= 4 is 17.0 Å². The Hall–Kier alpha value is -2.94. The molecule has 1 aliphatic rings. The molecule has 1 aromatic carbocycles. The first-order chi connectivity index (χ1) is 13.2. The van der Waals surface area contributed by atoms with E-state index in [0.29, 0.717) is 18.3 Å². The van der Waals surface area contributed by atoms with Crippen LogP contribution < -0.4 is 5.32 Å². The Morgan fingerprint density at radius 2 is 2.07 bits per heavy atom. The third kappa shape index (κ3) is 3.92. The summed E-state index contributed by atoms with van der Waals surface area (Å²) in [6.45, 7) is 3.62. The third-order valence-electron chi connectivity index (χ3n) is 5.29. The fourth-order valence-corrected chi connectivity index (χ4v) is 3.91. The van der Waals surface area contributed by atoms with Gasteiger partial charge in [0.1, 0.15) is 6.07 Å². The van der Waals surface area contributed by atoms with Gasteiger partial charge >= 0.3 is 0 Å². The summed E-state index contributed by atoms with van der Waals surface area (Å²) in [5, 5.41) is 12.7. The second-order valence-electron chi connectivity index (χ2n) is 7.42. The van der Waals surface area contributed by atoms with Crippen molar-refractivity contribution in [2.24, 2.45) is 5.92 Å². The van der Waals surface area contributed by atoms with Crippen LogP contribution in [-0.2, 0) is 13.1 Å². The summed E-state index contributed by atoms with van der Waals surface area (Å²) in [4.78, 5) is 13.4. The average molecular weight is 360 g/mol. The zero-order valence-electron chi connectivity index (χ0n) is 15.6. The van der Waals surface area contributed by atoms with Gasteiger partial charge in [-0.15, -0.1) is 0 Å². The monoisotopic (exact) mass is 360 g/mol. The quantitative estimate of drug-likeness (QED) is 0.738. The molecular formula is C21H24N6. The number of benzene rings is 1. The lowest BCUT2D eigenvalue weighted by molar-refractivity contribution is 0.321. The Morgan fingerprint density at radius 3 is 2.85 bits per heavy atom. The van der Waals surface area contributed by atoms with Crippen LogP contribution in [0.3, 0.4) is 0 Å². The topological polar surface area (TPSA) is 79.4 Å². The van der Waals surface area contributed by atoms with Crippen LogP contribution in [0.15, 0.2) is 30.6 Å². The zero-order valence-corrected chi connectivity index (χ0v) is 15.6. The van der Waals surface area contributed by atoms with Crippen molar-refractivity contribution < 1.29 is 0 Å². The Balaban J connectivity index is 1.61. The van der Waals surface area contributed by atoms with Gasteiger partial charge in [-0.25, -0.2) is 4.98 Å². The maximum Gasteiger partial charge on any atom is 0.236 e. The smallest absolute Gasteiger partial charge is 0.236 e. The van der Waals surface area contributed by atoms with Gasteiger partial charge in [0.25, 0.3) is 0 Å². The average Bonchev–Trinajstić information content (AvgIpc) is 3.09. The number of nitrogens with zero attached hydrogens (tertiary/aromatic N) is 5. The van der Waals surface area contributed by atoms with Gasteiger partial charge in [-0.2, -0.15) is 15.2 Å². The van der Waals surface area contributed by atoms with E-state index < -0.39 is 0 Å². The first-order valence-electron chi connectivity index (χ1n) is 9.65. The molecule has 1 aliphatic carbocycles. The highest BCUT2D eigenvalue weighted by atomic mass is 15.2. The molecule has 4 rings (SSSR count). The largest absolute Gasteiger partial charge is 0.364 e. The van der Waals surface area contributed by atoms with Crippen molar-refractivity contribution in [3.05, 3.63) is 47.5 Å². The number of anilines is 1. The second kappa shape index (κ2) is 7.75. The van der Waals surface area contributed by atoms with Crippen molar-refractivity contribution in [1.29, 1.82) is 5.26 Å². The minimum atomic E-state index is 0.180. The molecule has 1 N–H and O–H groups in total. The first-order valence-corrected chi connectivity index (χ1v) is 9.65. The molecule has 138 valence electrons. The highest BCUT2D eigenvalue weighted by Gasteiger charge is 2.18. The number of hydrogen-bond acceptors (Lipinski definition) is 5. The van der Waals surface area contributed by atoms with E-state index in [2.05, 4.69) is 56.0 Å². The van der Waals surface area contributed by atoms with Gasteiger partial charge in [0, 0.05) is 13.1 Å². The van der Waals surface area contributed by atoms with E-state index in [-0.39, 0.29) is 5.82 Å². The van der Waals surface area contributed by atoms with E-state index in [4.69, 9.17) is 0 Å². The van der Waals surface area contributed by atoms with Crippen LogP contribution in [0.2, 0.25) is 0 Å². The van der Waals surface area contributed by atoms with Gasteiger partial charge in [-0.05, 0) is 31.2 Å². The lowest BCUT2D eigenvalue weighted by Gasteiger charge is -2.21. The van der Waals surface area contributed by atoms with Gasteiger partial charge in [-0.3, -0.25) is 0 Å². The normalized spacial score (nSPS) is 15.0. The van der Waals surface area contributed by atoms with E-state index >= 15 is 0 Å². The van der Waals surface area contributed by atoms with Crippen LogP contribution in [0.4, 0.5) is 5.82 Å². The summed E-state index contributed by atoms with van der Waals surface area (Å²) in [6, 6.07) is 10.4. The number of nitriles is 1. The fourth-order valence-electron chi connectivity index (χ4n) is 3.91. The van der Waals surface area contributed by atoms with Crippen LogP contribution in [0, 0.1) is 24.2 Å². The SMILES string of the molecule is Cc1cccc(CNc2nc(C#N)nc3c2ncn3CC2CCCCC2)c1. The summed E-state index contributed by atoms with van der Waals surface area (Å²) in [7, 11) is 0. The number of nitrogens with one attached hydrogen (secondary N) is 1. The highest BCUT2D eigenvalue weighted by molar-refractivity contribution is 5.83. The molecule has 0 bridgehead atoms. The van der Waals surface area contributed by atoms with Crippen molar-refractivity contribution in [3.63, 3.8) is 0 Å². The number of aryl methyl sites for hydroxylation is 1. The predicted molar refractivity (Wildman–Crippen MR) is 105 cm³/mol. The molecule has 6 heteroatoms. The van der Waals surface area contributed by atoms with E-state index in [0.717, 1.165) is 17.7 Å². The molecule has 2 heterocycles. The van der Waals surface area contributed by atoms with Crippen molar-refractivity contribution in [1.82, 2.24) is 19.5 Å². The van der Waals surface area contributed by atoms with Gasteiger partial charge in [0.2, 0.25) is 5.82 Å². The van der Waals surface area contributed by atoms with Gasteiger partial charge in [-0.1, -0.05) is 49.1 Å². The predicted octanol–water partition coefficient (Wildman–Crippen LogP) is 4.20. The van der Waals surface area contributed by atoms with E-state index in [1.165, 1.54) is 43.2 Å². The standard InChI is InChI=1S/C21H24N6/c1-15-6-5-9-17(10-15)12-23-20-19-21(26-18(11-22)25-20)27(14-24-19)13-16-7-3-2-4-8-16/h5-6,9-10,14,16H,2-4,7-8,12-13H2,1H3,(H,23,25,26). The number of imidazole rings is 1. The maximum absolute atomic E-state index is 9.36. The Kier molecular flexibility index (Phi) is 5.01. The molecule has 0 radical (unpaired) electrons. The van der Waals surface area contributed by atoms with E-state index in [1.807, 2.05) is 12.4 Å². The maximum atomic E-state index is 9.36. The number of fused-ring (bicyclic) bond motifs is 1. The van der Waals surface area contributed by atoms with Crippen LogP contribution in [0.1, 0.15) is 49.1 Å². The Bertz CT molecular complexity index is 978. The molecule has 27 heavy (non-hydrogen) atoms. The lowest BCUT2D eigenvalue weighted by atomic mass is 9.89. The highest BCUT2D eigenvalue weighted by Crippen LogP contribution is 2.27. The molecule has 0 amide bonds. The molecule has 2 aromatic heterocycles. The summed E-state index contributed by atoms with van der Waals surface area (Å²) < 4.78 is 2.09. The van der Waals surface area contributed by atoms with Crippen LogP contribution in [0.25, 0.3) is 11.2 Å². The fraction of sp³-hybridized carbons (Fsp3) is 0.429.